The van der Waals surface area contributed by atoms with Gasteiger partial charge in [-0.1, -0.05) is 6.07 Å². The average Bonchev–Trinajstić information content (AvgIpc) is 3.40. The number of hydrogen-bond donors (Lipinski definition) is 3. The third-order valence-electron chi connectivity index (χ3n) is 7.30. The monoisotopic (exact) mass is 647 g/mol. The summed E-state index contributed by atoms with van der Waals surface area (Å²) in [6.45, 7) is 4.37. The Morgan fingerprint density at radius 2 is 1.80 bits per heavy atom. The number of piperidine rings is 1. The molecule has 2 aromatic carbocycles. The number of anilines is 2. The predicted octanol–water partition coefficient (Wildman–Crippen LogP) is 4.87. The number of halogens is 4. The first-order chi connectivity index (χ1) is 21.8. The Balaban J connectivity index is 0.00000113. The van der Waals surface area contributed by atoms with Gasteiger partial charge in [0, 0.05) is 39.2 Å². The van der Waals surface area contributed by atoms with Crippen molar-refractivity contribution >= 4 is 34.4 Å². The topological polar surface area (TPSA) is 158 Å². The Labute approximate surface area is 261 Å². The van der Waals surface area contributed by atoms with Crippen LogP contribution in [0, 0.1) is 5.82 Å². The lowest BCUT2D eigenvalue weighted by Crippen LogP contribution is -2.36. The van der Waals surface area contributed by atoms with Crippen LogP contribution in [0.25, 0.3) is 22.3 Å². The summed E-state index contributed by atoms with van der Waals surface area (Å²) in [5.74, 6) is -2.59. The van der Waals surface area contributed by atoms with E-state index in [-0.39, 0.29) is 29.4 Å². The SMILES string of the molecule is CC(=O)O.COCCN1CCC(n2nc(-c3ccc(NC(=O)c4ccc(C(F)(F)F)cc4F)c(OC)c3)c3c(N)ncnc32)CC1. The molecule has 0 unspecified atom stereocenters. The lowest BCUT2D eigenvalue weighted by Gasteiger charge is -2.31. The summed E-state index contributed by atoms with van der Waals surface area (Å²) in [6, 6.07) is 6.65. The number of amides is 1. The van der Waals surface area contributed by atoms with Crippen molar-refractivity contribution in [3.63, 3.8) is 0 Å². The Bertz CT molecular complexity index is 1700. The molecule has 12 nitrogen and oxygen atoms in total. The van der Waals surface area contributed by atoms with Crippen molar-refractivity contribution in [2.24, 2.45) is 0 Å². The number of aromatic nitrogens is 4. The molecule has 4 aromatic rings. The molecule has 1 saturated heterocycles. The Kier molecular flexibility index (Phi) is 10.7. The maximum atomic E-state index is 14.4. The molecular formula is C30H33F4N7O5. The lowest BCUT2D eigenvalue weighted by atomic mass is 10.1. The van der Waals surface area contributed by atoms with Gasteiger partial charge in [0.15, 0.2) is 5.65 Å². The van der Waals surface area contributed by atoms with E-state index in [1.54, 1.807) is 19.2 Å². The first-order valence-corrected chi connectivity index (χ1v) is 14.1. The molecule has 16 heteroatoms. The molecule has 1 aliphatic heterocycles. The van der Waals surface area contributed by atoms with Crippen LogP contribution >= 0.6 is 0 Å². The van der Waals surface area contributed by atoms with Gasteiger partial charge >= 0.3 is 6.18 Å². The minimum atomic E-state index is -4.73. The zero-order chi connectivity index (χ0) is 33.6. The van der Waals surface area contributed by atoms with E-state index in [9.17, 15) is 22.4 Å². The highest BCUT2D eigenvalue weighted by Gasteiger charge is 2.32. The normalized spacial score (nSPS) is 14.1. The molecule has 0 aliphatic carbocycles. The second-order valence-electron chi connectivity index (χ2n) is 10.4. The van der Waals surface area contributed by atoms with E-state index in [4.69, 9.17) is 30.2 Å². The van der Waals surface area contributed by atoms with E-state index in [1.807, 2.05) is 4.68 Å². The fourth-order valence-corrected chi connectivity index (χ4v) is 5.07. The molecule has 46 heavy (non-hydrogen) atoms. The van der Waals surface area contributed by atoms with Gasteiger partial charge < -0.3 is 30.5 Å². The number of alkyl halides is 3. The van der Waals surface area contributed by atoms with Gasteiger partial charge in [0.2, 0.25) is 0 Å². The summed E-state index contributed by atoms with van der Waals surface area (Å²) in [5, 5.41) is 15.4. The van der Waals surface area contributed by atoms with Gasteiger partial charge in [0.05, 0.1) is 42.0 Å². The second kappa shape index (κ2) is 14.5. The van der Waals surface area contributed by atoms with E-state index in [0.717, 1.165) is 45.5 Å². The van der Waals surface area contributed by atoms with Crippen LogP contribution in [0.4, 0.5) is 29.1 Å². The quantitative estimate of drug-likeness (QED) is 0.226. The van der Waals surface area contributed by atoms with Gasteiger partial charge in [-0.3, -0.25) is 9.59 Å². The minimum absolute atomic E-state index is 0.0911. The Morgan fingerprint density at radius 3 is 2.41 bits per heavy atom. The maximum absolute atomic E-state index is 14.4. The van der Waals surface area contributed by atoms with Crippen LogP contribution in [-0.4, -0.2) is 82.1 Å². The summed E-state index contributed by atoms with van der Waals surface area (Å²) >= 11 is 0. The highest BCUT2D eigenvalue weighted by molar-refractivity contribution is 6.06. The first kappa shape index (κ1) is 34.1. The summed E-state index contributed by atoms with van der Waals surface area (Å²) in [4.78, 5) is 32.7. The van der Waals surface area contributed by atoms with Crippen molar-refractivity contribution in [1.29, 1.82) is 0 Å². The standard InChI is InChI=1S/C28H29F4N7O3.C2H4O2/c1-41-12-11-38-9-7-18(8-10-38)39-26-23(25(33)34-15-35-26)24(37-39)16-3-6-21(22(13-16)42-2)36-27(40)19-5-4-17(14-20(19)29)28(30,31)32;1-2(3)4/h3-6,13-15,18H,7-12H2,1-2H3,(H,36,40)(H2,33,34,35);1H3,(H,3,4). The van der Waals surface area contributed by atoms with Gasteiger partial charge in [-0.15, -0.1) is 0 Å². The number of benzene rings is 2. The van der Waals surface area contributed by atoms with Crippen molar-refractivity contribution in [1.82, 2.24) is 24.6 Å². The number of methoxy groups -OCH3 is 2. The molecule has 4 N–H and O–H groups in total. The zero-order valence-electron chi connectivity index (χ0n) is 25.3. The van der Waals surface area contributed by atoms with E-state index in [1.165, 1.54) is 19.5 Å². The van der Waals surface area contributed by atoms with Crippen LogP contribution in [-0.2, 0) is 15.7 Å². The fourth-order valence-electron chi connectivity index (χ4n) is 5.07. The number of rotatable bonds is 8. The number of carboxylic acid groups (broad SMARTS) is 1. The Morgan fingerprint density at radius 1 is 1.11 bits per heavy atom. The van der Waals surface area contributed by atoms with E-state index in [0.29, 0.717) is 35.0 Å². The summed E-state index contributed by atoms with van der Waals surface area (Å²) in [5.41, 5.74) is 6.45. The summed E-state index contributed by atoms with van der Waals surface area (Å²) in [7, 11) is 3.07. The number of nitrogens with two attached hydrogens (primary N) is 1. The van der Waals surface area contributed by atoms with Crippen LogP contribution in [0.3, 0.4) is 0 Å². The number of carbonyl (C=O) groups is 2. The highest BCUT2D eigenvalue weighted by Crippen LogP contribution is 2.37. The molecule has 2 aromatic heterocycles. The second-order valence-corrected chi connectivity index (χ2v) is 10.4. The number of carboxylic acids is 1. The predicted molar refractivity (Wildman–Crippen MR) is 161 cm³/mol. The fraction of sp³-hybridized carbons (Fsp3) is 0.367. The molecule has 1 aliphatic rings. The zero-order valence-corrected chi connectivity index (χ0v) is 25.3. The molecule has 0 saturated carbocycles. The van der Waals surface area contributed by atoms with Crippen LogP contribution < -0.4 is 15.8 Å². The van der Waals surface area contributed by atoms with E-state index < -0.39 is 35.0 Å². The minimum Gasteiger partial charge on any atom is -0.495 e. The van der Waals surface area contributed by atoms with Crippen molar-refractivity contribution < 1.29 is 41.7 Å². The van der Waals surface area contributed by atoms with Gasteiger partial charge in [-0.2, -0.15) is 18.3 Å². The van der Waals surface area contributed by atoms with Crippen molar-refractivity contribution in [3.05, 3.63) is 59.7 Å². The number of fused-ring (bicyclic) bond motifs is 1. The molecule has 1 fully saturated rings. The first-order valence-electron chi connectivity index (χ1n) is 14.1. The third-order valence-corrected chi connectivity index (χ3v) is 7.30. The number of nitrogens with zero attached hydrogens (tertiary/aromatic N) is 5. The van der Waals surface area contributed by atoms with Crippen molar-refractivity contribution in [2.75, 3.05) is 51.5 Å². The molecular weight excluding hydrogens is 614 g/mol. The molecule has 0 spiro atoms. The van der Waals surface area contributed by atoms with E-state index >= 15 is 0 Å². The van der Waals surface area contributed by atoms with Gasteiger partial charge in [-0.25, -0.2) is 19.0 Å². The van der Waals surface area contributed by atoms with Gasteiger partial charge in [0.25, 0.3) is 11.9 Å². The molecule has 3 heterocycles. The van der Waals surface area contributed by atoms with Crippen LogP contribution in [0.1, 0.15) is 41.7 Å². The molecule has 5 rings (SSSR count). The third kappa shape index (κ3) is 7.87. The molecule has 1 amide bonds. The molecule has 0 atom stereocenters. The summed E-state index contributed by atoms with van der Waals surface area (Å²) in [6.07, 6.45) is -1.62. The number of likely N-dealkylation sites (tertiary alicyclic amines) is 1. The number of hydrogen-bond acceptors (Lipinski definition) is 9. The Hall–Kier alpha value is -4.83. The average molecular weight is 648 g/mol. The summed E-state index contributed by atoms with van der Waals surface area (Å²) < 4.78 is 65.6. The largest absolute Gasteiger partial charge is 0.495 e. The molecule has 246 valence electrons. The van der Waals surface area contributed by atoms with Gasteiger partial charge in [-0.05, 0) is 43.2 Å². The van der Waals surface area contributed by atoms with Crippen LogP contribution in [0.5, 0.6) is 5.75 Å². The number of carbonyl (C=O) groups excluding carboxylic acids is 1. The molecule has 0 radical (unpaired) electrons. The number of nitrogens with one attached hydrogen (secondary N) is 1. The smallest absolute Gasteiger partial charge is 0.416 e. The number of nitrogen functional groups attached to an aromatic ring is 1. The van der Waals surface area contributed by atoms with E-state index in [2.05, 4.69) is 20.2 Å². The number of ether oxygens (including phenoxy) is 2. The van der Waals surface area contributed by atoms with Crippen molar-refractivity contribution in [3.8, 4) is 17.0 Å². The van der Waals surface area contributed by atoms with Crippen molar-refractivity contribution in [2.45, 2.75) is 32.0 Å². The van der Waals surface area contributed by atoms with Crippen LogP contribution in [0.15, 0.2) is 42.7 Å². The molecule has 0 bridgehead atoms. The van der Waals surface area contributed by atoms with Gasteiger partial charge in [0.1, 0.15) is 29.4 Å². The maximum Gasteiger partial charge on any atom is 0.416 e. The van der Waals surface area contributed by atoms with Crippen LogP contribution in [0.2, 0.25) is 0 Å². The highest BCUT2D eigenvalue weighted by atomic mass is 19.4. The lowest BCUT2D eigenvalue weighted by molar-refractivity contribution is -0.138. The number of aliphatic carboxylic acids is 1.